The SMILES string of the molecule is COc1ccc(CN2CC3(CCN(CC[C@H](NC(=O)C4CC4)c4ccccc4)CC3)NC2=O)cc1.Cl. The molecule has 2 heterocycles. The predicted molar refractivity (Wildman–Crippen MR) is 142 cm³/mol. The molecule has 3 amide bonds. The van der Waals surface area contributed by atoms with E-state index in [-0.39, 0.29) is 41.8 Å². The van der Waals surface area contributed by atoms with Crippen LogP contribution in [0.2, 0.25) is 0 Å². The first kappa shape index (κ1) is 26.3. The highest BCUT2D eigenvalue weighted by molar-refractivity contribution is 5.85. The summed E-state index contributed by atoms with van der Waals surface area (Å²) in [7, 11) is 1.66. The average Bonchev–Trinajstić information content (AvgIpc) is 3.69. The number of hydrogen-bond donors (Lipinski definition) is 2. The van der Waals surface area contributed by atoms with E-state index in [1.54, 1.807) is 7.11 Å². The third-order valence-electron chi connectivity index (χ3n) is 7.70. The summed E-state index contributed by atoms with van der Waals surface area (Å²) >= 11 is 0. The number of nitrogens with zero attached hydrogens (tertiary/aromatic N) is 2. The van der Waals surface area contributed by atoms with Crippen molar-refractivity contribution in [3.8, 4) is 5.75 Å². The summed E-state index contributed by atoms with van der Waals surface area (Å²) in [6.45, 7) is 4.20. The number of halogens is 1. The van der Waals surface area contributed by atoms with Gasteiger partial charge in [0.25, 0.3) is 0 Å². The van der Waals surface area contributed by atoms with E-state index in [4.69, 9.17) is 4.74 Å². The van der Waals surface area contributed by atoms with Crippen molar-refractivity contribution in [1.82, 2.24) is 20.4 Å². The van der Waals surface area contributed by atoms with Crippen molar-refractivity contribution < 1.29 is 14.3 Å². The van der Waals surface area contributed by atoms with Crippen LogP contribution in [0.1, 0.15) is 49.3 Å². The zero-order valence-electron chi connectivity index (χ0n) is 20.9. The van der Waals surface area contributed by atoms with Gasteiger partial charge in [-0.1, -0.05) is 42.5 Å². The molecule has 36 heavy (non-hydrogen) atoms. The molecule has 0 unspecified atom stereocenters. The molecule has 0 radical (unpaired) electrons. The summed E-state index contributed by atoms with van der Waals surface area (Å²) in [5.41, 5.74) is 2.14. The molecule has 2 aromatic rings. The number of rotatable bonds is 9. The molecule has 3 aliphatic rings. The van der Waals surface area contributed by atoms with E-state index < -0.39 is 0 Å². The molecular formula is C28H37ClN4O3. The molecule has 0 bridgehead atoms. The number of hydrogen-bond acceptors (Lipinski definition) is 4. The van der Waals surface area contributed by atoms with Gasteiger partial charge in [0.2, 0.25) is 5.91 Å². The molecule has 3 fully saturated rings. The fourth-order valence-electron chi connectivity index (χ4n) is 5.30. The summed E-state index contributed by atoms with van der Waals surface area (Å²) in [5.74, 6) is 1.23. The normalized spacial score (nSPS) is 19.9. The number of carbonyl (C=O) groups excluding carboxylic acids is 2. The Morgan fingerprint density at radius 1 is 1.11 bits per heavy atom. The Bertz CT molecular complexity index is 1020. The van der Waals surface area contributed by atoms with Crippen molar-refractivity contribution in [3.05, 3.63) is 65.7 Å². The molecule has 1 aliphatic carbocycles. The highest BCUT2D eigenvalue weighted by Crippen LogP contribution is 2.32. The Labute approximate surface area is 220 Å². The Morgan fingerprint density at radius 3 is 2.44 bits per heavy atom. The molecule has 2 saturated heterocycles. The van der Waals surface area contributed by atoms with Crippen LogP contribution in [0.25, 0.3) is 0 Å². The zero-order chi connectivity index (χ0) is 24.3. The van der Waals surface area contributed by atoms with Crippen LogP contribution >= 0.6 is 12.4 Å². The minimum absolute atomic E-state index is 0. The second-order valence-electron chi connectivity index (χ2n) is 10.3. The van der Waals surface area contributed by atoms with Gasteiger partial charge in [0.15, 0.2) is 0 Å². The minimum Gasteiger partial charge on any atom is -0.497 e. The Balaban J connectivity index is 0.00000304. The standard InChI is InChI=1S/C28H36N4O3.ClH/c1-35-24-11-7-21(8-12-24)19-32-20-28(30-27(32)34)14-17-31(18-15-28)16-13-25(22-5-3-2-4-6-22)29-26(33)23-9-10-23;/h2-8,11-12,23,25H,9-10,13-20H2,1H3,(H,29,33)(H,30,34);1H/t25-;/m0./s1. The molecule has 1 spiro atoms. The number of urea groups is 1. The van der Waals surface area contributed by atoms with Crippen LogP contribution in [-0.2, 0) is 11.3 Å². The van der Waals surface area contributed by atoms with E-state index in [0.29, 0.717) is 6.54 Å². The summed E-state index contributed by atoms with van der Waals surface area (Å²) in [4.78, 5) is 29.6. The predicted octanol–water partition coefficient (Wildman–Crippen LogP) is 4.13. The van der Waals surface area contributed by atoms with E-state index in [1.165, 1.54) is 5.56 Å². The number of benzene rings is 2. The van der Waals surface area contributed by atoms with Gasteiger partial charge in [-0.05, 0) is 55.4 Å². The number of carbonyl (C=O) groups is 2. The van der Waals surface area contributed by atoms with Crippen molar-refractivity contribution in [2.75, 3.05) is 33.3 Å². The molecule has 1 atom stereocenters. The molecule has 2 aliphatic heterocycles. The van der Waals surface area contributed by atoms with Crippen molar-refractivity contribution in [1.29, 1.82) is 0 Å². The summed E-state index contributed by atoms with van der Waals surface area (Å²) in [6, 6.07) is 18.3. The van der Waals surface area contributed by atoms with Crippen LogP contribution in [0.4, 0.5) is 4.79 Å². The summed E-state index contributed by atoms with van der Waals surface area (Å²) in [5, 5.41) is 6.59. The second kappa shape index (κ2) is 11.5. The van der Waals surface area contributed by atoms with Crippen LogP contribution in [-0.4, -0.2) is 60.6 Å². The first-order valence-electron chi connectivity index (χ1n) is 12.8. The molecule has 1 saturated carbocycles. The number of amides is 3. The van der Waals surface area contributed by atoms with Gasteiger partial charge in [0, 0.05) is 38.6 Å². The van der Waals surface area contributed by atoms with Gasteiger partial charge >= 0.3 is 6.03 Å². The summed E-state index contributed by atoms with van der Waals surface area (Å²) < 4.78 is 5.23. The van der Waals surface area contributed by atoms with Gasteiger partial charge < -0.3 is 25.2 Å². The van der Waals surface area contributed by atoms with E-state index >= 15 is 0 Å². The molecule has 2 N–H and O–H groups in total. The van der Waals surface area contributed by atoms with E-state index in [1.807, 2.05) is 47.4 Å². The lowest BCUT2D eigenvalue weighted by molar-refractivity contribution is -0.123. The maximum absolute atomic E-state index is 12.7. The van der Waals surface area contributed by atoms with Gasteiger partial charge in [-0.2, -0.15) is 0 Å². The van der Waals surface area contributed by atoms with Gasteiger partial charge in [-0.25, -0.2) is 4.79 Å². The van der Waals surface area contributed by atoms with Crippen LogP contribution in [0.15, 0.2) is 54.6 Å². The van der Waals surface area contributed by atoms with Crippen molar-refractivity contribution >= 4 is 24.3 Å². The van der Waals surface area contributed by atoms with Gasteiger partial charge in [-0.15, -0.1) is 12.4 Å². The van der Waals surface area contributed by atoms with E-state index in [0.717, 1.165) is 69.6 Å². The third kappa shape index (κ3) is 6.31. The maximum atomic E-state index is 12.7. The Morgan fingerprint density at radius 2 is 1.81 bits per heavy atom. The lowest BCUT2D eigenvalue weighted by atomic mass is 9.88. The molecule has 8 heteroatoms. The number of methoxy groups -OCH3 is 1. The van der Waals surface area contributed by atoms with Crippen LogP contribution in [0.3, 0.4) is 0 Å². The average molecular weight is 513 g/mol. The highest BCUT2D eigenvalue weighted by atomic mass is 35.5. The number of piperidine rings is 1. The van der Waals surface area contributed by atoms with Crippen LogP contribution in [0, 0.1) is 5.92 Å². The fourth-order valence-corrected chi connectivity index (χ4v) is 5.30. The van der Waals surface area contributed by atoms with Crippen molar-refractivity contribution in [2.24, 2.45) is 5.92 Å². The minimum atomic E-state index is -0.140. The Kier molecular flexibility index (Phi) is 8.42. The molecular weight excluding hydrogens is 476 g/mol. The lowest BCUT2D eigenvalue weighted by Crippen LogP contribution is -2.52. The molecule has 2 aromatic carbocycles. The fraction of sp³-hybridized carbons (Fsp3) is 0.500. The first-order valence-corrected chi connectivity index (χ1v) is 12.8. The maximum Gasteiger partial charge on any atom is 0.318 e. The van der Waals surface area contributed by atoms with E-state index in [2.05, 4.69) is 27.7 Å². The van der Waals surface area contributed by atoms with Gasteiger partial charge in [0.05, 0.1) is 18.7 Å². The smallest absolute Gasteiger partial charge is 0.318 e. The van der Waals surface area contributed by atoms with Gasteiger partial charge in [0.1, 0.15) is 5.75 Å². The lowest BCUT2D eigenvalue weighted by Gasteiger charge is -2.39. The van der Waals surface area contributed by atoms with Crippen molar-refractivity contribution in [2.45, 2.75) is 50.2 Å². The first-order chi connectivity index (χ1) is 17.0. The van der Waals surface area contributed by atoms with Gasteiger partial charge in [-0.3, -0.25) is 4.79 Å². The van der Waals surface area contributed by atoms with Crippen LogP contribution < -0.4 is 15.4 Å². The molecule has 0 aromatic heterocycles. The molecule has 194 valence electrons. The third-order valence-corrected chi connectivity index (χ3v) is 7.70. The Hall–Kier alpha value is -2.77. The zero-order valence-corrected chi connectivity index (χ0v) is 21.8. The highest BCUT2D eigenvalue weighted by Gasteiger charge is 2.44. The van der Waals surface area contributed by atoms with Crippen molar-refractivity contribution in [3.63, 3.8) is 0 Å². The monoisotopic (exact) mass is 512 g/mol. The number of likely N-dealkylation sites (tertiary alicyclic amines) is 1. The molecule has 5 rings (SSSR count). The van der Waals surface area contributed by atoms with Crippen LogP contribution in [0.5, 0.6) is 5.75 Å². The number of nitrogens with one attached hydrogen (secondary N) is 2. The second-order valence-corrected chi connectivity index (χ2v) is 10.3. The number of ether oxygens (including phenoxy) is 1. The van der Waals surface area contributed by atoms with E-state index in [9.17, 15) is 9.59 Å². The topological polar surface area (TPSA) is 73.9 Å². The molecule has 7 nitrogen and oxygen atoms in total. The largest absolute Gasteiger partial charge is 0.497 e. The quantitative estimate of drug-likeness (QED) is 0.529. The summed E-state index contributed by atoms with van der Waals surface area (Å²) in [6.07, 6.45) is 4.82.